The van der Waals surface area contributed by atoms with Gasteiger partial charge in [-0.05, 0) is 17.7 Å². The molecule has 0 radical (unpaired) electrons. The molecule has 0 unspecified atom stereocenters. The van der Waals surface area contributed by atoms with Crippen molar-refractivity contribution in [3.05, 3.63) is 42.0 Å². The number of sulfonamides is 1. The zero-order valence-electron chi connectivity index (χ0n) is 10.4. The summed E-state index contributed by atoms with van der Waals surface area (Å²) < 4.78 is 28.1. The van der Waals surface area contributed by atoms with Gasteiger partial charge in [-0.1, -0.05) is 12.1 Å². The molecule has 2 aromatic rings. The van der Waals surface area contributed by atoms with Crippen LogP contribution in [-0.4, -0.2) is 23.2 Å². The molecule has 0 saturated heterocycles. The number of aromatic nitrogens is 3. The molecular weight excluding hydrogens is 266 g/mol. The van der Waals surface area contributed by atoms with Gasteiger partial charge in [-0.2, -0.15) is 5.10 Å². The Hall–Kier alpha value is -1.77. The van der Waals surface area contributed by atoms with Gasteiger partial charge in [0.05, 0.1) is 11.4 Å². The average Bonchev–Trinajstić information content (AvgIpc) is 2.82. The zero-order valence-corrected chi connectivity index (χ0v) is 11.3. The summed E-state index contributed by atoms with van der Waals surface area (Å²) in [6.45, 7) is 0.348. The van der Waals surface area contributed by atoms with Crippen molar-refractivity contribution < 1.29 is 8.42 Å². The molecule has 0 aliphatic heterocycles. The van der Waals surface area contributed by atoms with Crippen LogP contribution in [0, 0.1) is 0 Å². The van der Waals surface area contributed by atoms with E-state index in [0.717, 1.165) is 5.56 Å². The van der Waals surface area contributed by atoms with Crippen LogP contribution in [0.5, 0.6) is 0 Å². The molecule has 1 aromatic carbocycles. The van der Waals surface area contributed by atoms with Crippen molar-refractivity contribution in [2.45, 2.75) is 18.0 Å². The predicted molar refractivity (Wildman–Crippen MR) is 69.4 cm³/mol. The van der Waals surface area contributed by atoms with Crippen LogP contribution < -0.4 is 10.5 Å². The molecule has 3 N–H and O–H groups in total. The fourth-order valence-electron chi connectivity index (χ4n) is 1.55. The summed E-state index contributed by atoms with van der Waals surface area (Å²) >= 11 is 0. The Morgan fingerprint density at radius 3 is 2.84 bits per heavy atom. The second-order valence-corrected chi connectivity index (χ2v) is 5.78. The minimum Gasteiger partial charge on any atom is -0.326 e. The molecule has 1 heterocycles. The number of nitrogens with one attached hydrogen (secondary N) is 1. The van der Waals surface area contributed by atoms with Crippen LogP contribution in [0.3, 0.4) is 0 Å². The van der Waals surface area contributed by atoms with E-state index in [-0.39, 0.29) is 11.4 Å². The van der Waals surface area contributed by atoms with E-state index >= 15 is 0 Å². The highest BCUT2D eigenvalue weighted by Gasteiger charge is 2.14. The molecule has 0 bridgehead atoms. The second-order valence-electron chi connectivity index (χ2n) is 4.01. The topological polar surface area (TPSA) is 103 Å². The second kappa shape index (κ2) is 5.47. The Kier molecular flexibility index (Phi) is 3.93. The van der Waals surface area contributed by atoms with E-state index in [1.54, 1.807) is 25.2 Å². The lowest BCUT2D eigenvalue weighted by molar-refractivity contribution is 0.578. The minimum atomic E-state index is -3.58. The number of aryl methyl sites for hydroxylation is 1. The lowest BCUT2D eigenvalue weighted by Crippen LogP contribution is -2.24. The van der Waals surface area contributed by atoms with Gasteiger partial charge in [0.25, 0.3) is 0 Å². The van der Waals surface area contributed by atoms with Crippen molar-refractivity contribution in [1.29, 1.82) is 0 Å². The Labute approximate surface area is 111 Å². The molecule has 19 heavy (non-hydrogen) atoms. The fourth-order valence-corrected chi connectivity index (χ4v) is 2.60. The summed E-state index contributed by atoms with van der Waals surface area (Å²) in [7, 11) is -1.86. The Bertz CT molecular complexity index is 665. The normalized spacial score (nSPS) is 11.7. The molecule has 1 aromatic heterocycles. The summed E-state index contributed by atoms with van der Waals surface area (Å²) in [5, 5.41) is 4.00. The van der Waals surface area contributed by atoms with E-state index in [9.17, 15) is 8.42 Å². The summed E-state index contributed by atoms with van der Waals surface area (Å²) in [5.74, 6) is 0.418. The molecule has 0 saturated carbocycles. The van der Waals surface area contributed by atoms with Crippen molar-refractivity contribution in [2.75, 3.05) is 0 Å². The lowest BCUT2D eigenvalue weighted by atomic mass is 10.2. The summed E-state index contributed by atoms with van der Waals surface area (Å²) in [4.78, 5) is 4.14. The van der Waals surface area contributed by atoms with Gasteiger partial charge in [-0.3, -0.25) is 4.68 Å². The van der Waals surface area contributed by atoms with Crippen molar-refractivity contribution in [1.82, 2.24) is 19.5 Å². The van der Waals surface area contributed by atoms with Gasteiger partial charge < -0.3 is 5.73 Å². The molecule has 0 aliphatic carbocycles. The molecule has 0 atom stereocenters. The number of hydrogen-bond acceptors (Lipinski definition) is 5. The third-order valence-corrected chi connectivity index (χ3v) is 3.91. The molecule has 0 aliphatic rings. The highest BCUT2D eigenvalue weighted by atomic mass is 32.2. The van der Waals surface area contributed by atoms with Gasteiger partial charge >= 0.3 is 0 Å². The minimum absolute atomic E-state index is 0.0516. The van der Waals surface area contributed by atoms with Crippen LogP contribution in [0.25, 0.3) is 0 Å². The highest BCUT2D eigenvalue weighted by molar-refractivity contribution is 7.89. The van der Waals surface area contributed by atoms with Gasteiger partial charge in [0.15, 0.2) is 5.82 Å². The summed E-state index contributed by atoms with van der Waals surface area (Å²) in [6, 6.07) is 6.51. The van der Waals surface area contributed by atoms with E-state index in [0.29, 0.717) is 12.4 Å². The molecule has 7 nitrogen and oxygen atoms in total. The Balaban J connectivity index is 2.13. The van der Waals surface area contributed by atoms with Gasteiger partial charge in [0, 0.05) is 13.6 Å². The summed E-state index contributed by atoms with van der Waals surface area (Å²) in [5.41, 5.74) is 6.25. The first-order valence-corrected chi connectivity index (χ1v) is 7.13. The highest BCUT2D eigenvalue weighted by Crippen LogP contribution is 2.11. The smallest absolute Gasteiger partial charge is 0.240 e. The maximum Gasteiger partial charge on any atom is 0.240 e. The van der Waals surface area contributed by atoms with Crippen molar-refractivity contribution in [2.24, 2.45) is 12.8 Å². The first kappa shape index (κ1) is 13.7. The monoisotopic (exact) mass is 281 g/mol. The van der Waals surface area contributed by atoms with Crippen molar-refractivity contribution in [3.63, 3.8) is 0 Å². The number of hydrogen-bond donors (Lipinski definition) is 2. The van der Waals surface area contributed by atoms with E-state index in [4.69, 9.17) is 5.73 Å². The maximum atomic E-state index is 12.1. The molecule has 0 amide bonds. The molecular formula is C11H15N5O2S. The third kappa shape index (κ3) is 3.37. The first-order valence-electron chi connectivity index (χ1n) is 5.64. The van der Waals surface area contributed by atoms with E-state index in [1.807, 2.05) is 0 Å². The van der Waals surface area contributed by atoms with Gasteiger partial charge in [-0.25, -0.2) is 18.1 Å². The summed E-state index contributed by atoms with van der Waals surface area (Å²) in [6.07, 6.45) is 1.51. The molecule has 2 rings (SSSR count). The van der Waals surface area contributed by atoms with Crippen LogP contribution >= 0.6 is 0 Å². The van der Waals surface area contributed by atoms with E-state index < -0.39 is 10.0 Å². The van der Waals surface area contributed by atoms with E-state index in [2.05, 4.69) is 14.8 Å². The van der Waals surface area contributed by atoms with Crippen LogP contribution in [0.2, 0.25) is 0 Å². The lowest BCUT2D eigenvalue weighted by Gasteiger charge is -2.06. The number of nitrogens with zero attached hydrogens (tertiary/aromatic N) is 3. The third-order valence-electron chi connectivity index (χ3n) is 2.51. The molecule has 102 valence electrons. The Morgan fingerprint density at radius 1 is 1.42 bits per heavy atom. The quantitative estimate of drug-likeness (QED) is 0.787. The maximum absolute atomic E-state index is 12.1. The SMILES string of the molecule is Cn1cnc(CNS(=O)(=O)c2cccc(CN)c2)n1. The predicted octanol–water partition coefficient (Wildman–Crippen LogP) is -0.248. The van der Waals surface area contributed by atoms with Crippen molar-refractivity contribution >= 4 is 10.0 Å². The standard InChI is InChI=1S/C11H15N5O2S/c1-16-8-13-11(15-16)7-14-19(17,18)10-4-2-3-9(5-10)6-12/h2-5,8,14H,6-7,12H2,1H3. The van der Waals surface area contributed by atoms with Gasteiger partial charge in [0.1, 0.15) is 6.33 Å². The number of rotatable bonds is 5. The molecule has 0 fully saturated rings. The Morgan fingerprint density at radius 2 is 2.21 bits per heavy atom. The van der Waals surface area contributed by atoms with Gasteiger partial charge in [0.2, 0.25) is 10.0 Å². The fraction of sp³-hybridized carbons (Fsp3) is 0.273. The molecule has 0 spiro atoms. The first-order chi connectivity index (χ1) is 9.01. The van der Waals surface area contributed by atoms with Gasteiger partial charge in [-0.15, -0.1) is 0 Å². The average molecular weight is 281 g/mol. The van der Waals surface area contributed by atoms with Crippen LogP contribution in [0.15, 0.2) is 35.5 Å². The van der Waals surface area contributed by atoms with Crippen LogP contribution in [-0.2, 0) is 30.2 Å². The molecule has 8 heteroatoms. The zero-order chi connectivity index (χ0) is 13.9. The van der Waals surface area contributed by atoms with E-state index in [1.165, 1.54) is 17.1 Å². The van der Waals surface area contributed by atoms with Crippen LogP contribution in [0.1, 0.15) is 11.4 Å². The van der Waals surface area contributed by atoms with Crippen molar-refractivity contribution in [3.8, 4) is 0 Å². The largest absolute Gasteiger partial charge is 0.326 e. The van der Waals surface area contributed by atoms with Crippen LogP contribution in [0.4, 0.5) is 0 Å². The number of nitrogens with two attached hydrogens (primary N) is 1. The number of benzene rings is 1.